The van der Waals surface area contributed by atoms with Gasteiger partial charge in [0.15, 0.2) is 8.32 Å². The summed E-state index contributed by atoms with van der Waals surface area (Å²) in [6, 6.07) is 3.81. The SMILES string of the molecule is CC[Si](CC)(CC)O[C@H]1[C@@H]2CC[C@@]1([C@@H]1C[C@H]1CO)C2. The third-order valence-electron chi connectivity index (χ3n) is 6.82. The van der Waals surface area contributed by atoms with Gasteiger partial charge >= 0.3 is 0 Å². The maximum atomic E-state index is 9.39. The van der Waals surface area contributed by atoms with Crippen molar-refractivity contribution in [2.45, 2.75) is 70.7 Å². The molecule has 3 heteroatoms. The first-order valence-corrected chi connectivity index (χ1v) is 11.0. The van der Waals surface area contributed by atoms with Crippen molar-refractivity contribution in [3.8, 4) is 0 Å². The molecule has 4 aliphatic carbocycles. The molecule has 0 aliphatic heterocycles. The van der Waals surface area contributed by atoms with Gasteiger partial charge in [-0.05, 0) is 67.0 Å². The Balaban J connectivity index is 1.72. The van der Waals surface area contributed by atoms with Crippen LogP contribution in [-0.4, -0.2) is 26.1 Å². The molecule has 1 N–H and O–H groups in total. The zero-order valence-electron chi connectivity index (χ0n) is 12.8. The van der Waals surface area contributed by atoms with Gasteiger partial charge in [0, 0.05) is 6.61 Å². The van der Waals surface area contributed by atoms with E-state index in [0.717, 1.165) is 11.8 Å². The molecule has 0 unspecified atom stereocenters. The van der Waals surface area contributed by atoms with E-state index in [-0.39, 0.29) is 0 Å². The Bertz CT molecular complexity index is 329. The fourth-order valence-electron chi connectivity index (χ4n) is 5.16. The number of rotatable bonds is 7. The molecule has 0 aromatic heterocycles. The lowest BCUT2D eigenvalue weighted by Crippen LogP contribution is -2.55. The van der Waals surface area contributed by atoms with Gasteiger partial charge in [0.2, 0.25) is 0 Å². The third kappa shape index (κ3) is 1.96. The number of hydrogen-bond acceptors (Lipinski definition) is 2. The van der Waals surface area contributed by atoms with Crippen molar-refractivity contribution >= 4 is 8.32 Å². The van der Waals surface area contributed by atoms with Crippen LogP contribution in [0, 0.1) is 23.2 Å². The molecule has 0 aromatic carbocycles. The minimum absolute atomic E-state index is 0.404. The Kier molecular flexibility index (Phi) is 3.60. The monoisotopic (exact) mass is 282 g/mol. The molecule has 0 radical (unpaired) electrons. The van der Waals surface area contributed by atoms with Gasteiger partial charge in [0.1, 0.15) is 0 Å². The highest BCUT2D eigenvalue weighted by atomic mass is 28.4. The first-order chi connectivity index (χ1) is 9.14. The van der Waals surface area contributed by atoms with Crippen LogP contribution in [0.5, 0.6) is 0 Å². The van der Waals surface area contributed by atoms with Crippen LogP contribution < -0.4 is 0 Å². The van der Waals surface area contributed by atoms with E-state index in [1.165, 1.54) is 43.8 Å². The highest BCUT2D eigenvalue weighted by Gasteiger charge is 2.68. The van der Waals surface area contributed by atoms with Crippen molar-refractivity contribution in [3.05, 3.63) is 0 Å². The molecular formula is C16H30O2Si. The molecular weight excluding hydrogens is 252 g/mol. The van der Waals surface area contributed by atoms with Gasteiger partial charge in [-0.15, -0.1) is 0 Å². The van der Waals surface area contributed by atoms with E-state index in [1.54, 1.807) is 0 Å². The average molecular weight is 282 g/mol. The van der Waals surface area contributed by atoms with E-state index >= 15 is 0 Å². The van der Waals surface area contributed by atoms with Crippen LogP contribution in [0.25, 0.3) is 0 Å². The second kappa shape index (κ2) is 4.85. The second-order valence-electron chi connectivity index (χ2n) is 7.30. The molecule has 110 valence electrons. The van der Waals surface area contributed by atoms with Crippen molar-refractivity contribution in [2.24, 2.45) is 23.2 Å². The van der Waals surface area contributed by atoms with E-state index in [0.29, 0.717) is 24.0 Å². The largest absolute Gasteiger partial charge is 0.413 e. The Labute approximate surface area is 119 Å². The summed E-state index contributed by atoms with van der Waals surface area (Å²) >= 11 is 0. The zero-order chi connectivity index (χ0) is 13.7. The van der Waals surface area contributed by atoms with E-state index < -0.39 is 8.32 Å². The molecule has 0 saturated heterocycles. The number of aliphatic hydroxyl groups excluding tert-OH is 1. The van der Waals surface area contributed by atoms with E-state index in [1.807, 2.05) is 0 Å². The van der Waals surface area contributed by atoms with Crippen LogP contribution in [0.15, 0.2) is 0 Å². The molecule has 19 heavy (non-hydrogen) atoms. The lowest BCUT2D eigenvalue weighted by atomic mass is 9.63. The van der Waals surface area contributed by atoms with Crippen molar-refractivity contribution < 1.29 is 9.53 Å². The summed E-state index contributed by atoms with van der Waals surface area (Å²) in [5.41, 5.74) is 0.496. The van der Waals surface area contributed by atoms with E-state index in [4.69, 9.17) is 4.43 Å². The van der Waals surface area contributed by atoms with Gasteiger partial charge in [0.25, 0.3) is 0 Å². The summed E-state index contributed by atoms with van der Waals surface area (Å²) in [6.07, 6.45) is 6.01. The predicted molar refractivity (Wildman–Crippen MR) is 80.5 cm³/mol. The highest BCUT2D eigenvalue weighted by Crippen LogP contribution is 2.71. The minimum Gasteiger partial charge on any atom is -0.413 e. The van der Waals surface area contributed by atoms with Crippen LogP contribution in [-0.2, 0) is 4.43 Å². The summed E-state index contributed by atoms with van der Waals surface area (Å²) in [4.78, 5) is 0. The maximum absolute atomic E-state index is 9.39. The van der Waals surface area contributed by atoms with Gasteiger partial charge in [-0.3, -0.25) is 0 Å². The molecule has 0 aromatic rings. The molecule has 4 aliphatic rings. The van der Waals surface area contributed by atoms with Gasteiger partial charge < -0.3 is 9.53 Å². The number of fused-ring (bicyclic) bond motifs is 1. The normalized spacial score (nSPS) is 44.2. The van der Waals surface area contributed by atoms with Crippen molar-refractivity contribution in [1.29, 1.82) is 0 Å². The maximum Gasteiger partial charge on any atom is 0.192 e. The van der Waals surface area contributed by atoms with Gasteiger partial charge in [-0.2, -0.15) is 0 Å². The van der Waals surface area contributed by atoms with E-state index in [2.05, 4.69) is 20.8 Å². The Hall–Kier alpha value is 0.137. The Morgan fingerprint density at radius 1 is 1.21 bits per heavy atom. The van der Waals surface area contributed by atoms with Crippen molar-refractivity contribution in [2.75, 3.05) is 6.61 Å². The Morgan fingerprint density at radius 2 is 1.89 bits per heavy atom. The molecule has 5 atom stereocenters. The second-order valence-corrected chi connectivity index (χ2v) is 12.0. The number of aliphatic hydroxyl groups is 1. The standard InChI is InChI=1S/C16H30O2Si/c1-4-19(5-2,6-3)18-15-12-7-8-16(15,10-12)14-9-13(14)11-17/h12-15,17H,4-11H2,1-3H3/t12-,13+,14-,15+,16+/m1/s1. The van der Waals surface area contributed by atoms with Crippen molar-refractivity contribution in [1.82, 2.24) is 0 Å². The van der Waals surface area contributed by atoms with Crippen LogP contribution in [0.1, 0.15) is 46.5 Å². The smallest absolute Gasteiger partial charge is 0.192 e. The van der Waals surface area contributed by atoms with Gasteiger partial charge in [-0.1, -0.05) is 20.8 Å². The fourth-order valence-corrected chi connectivity index (χ4v) is 8.12. The third-order valence-corrected chi connectivity index (χ3v) is 11.4. The average Bonchev–Trinajstić information content (AvgIpc) is 2.99. The van der Waals surface area contributed by atoms with Gasteiger partial charge in [-0.25, -0.2) is 0 Å². The van der Waals surface area contributed by atoms with Crippen molar-refractivity contribution in [3.63, 3.8) is 0 Å². The molecule has 2 nitrogen and oxygen atoms in total. The number of hydrogen-bond donors (Lipinski definition) is 1. The van der Waals surface area contributed by atoms with Crippen LogP contribution in [0.2, 0.25) is 18.1 Å². The summed E-state index contributed by atoms with van der Waals surface area (Å²) < 4.78 is 6.86. The van der Waals surface area contributed by atoms with Gasteiger partial charge in [0.05, 0.1) is 6.10 Å². The minimum atomic E-state index is -1.45. The molecule has 0 heterocycles. The molecule has 2 bridgehead atoms. The first-order valence-electron chi connectivity index (χ1n) is 8.43. The quantitative estimate of drug-likeness (QED) is 0.720. The van der Waals surface area contributed by atoms with E-state index in [9.17, 15) is 5.11 Å². The lowest BCUT2D eigenvalue weighted by molar-refractivity contribution is -0.0753. The fraction of sp³-hybridized carbons (Fsp3) is 1.00. The molecule has 4 rings (SSSR count). The zero-order valence-corrected chi connectivity index (χ0v) is 13.8. The highest BCUT2D eigenvalue weighted by molar-refractivity contribution is 6.73. The molecule has 0 spiro atoms. The van der Waals surface area contributed by atoms with Crippen LogP contribution in [0.3, 0.4) is 0 Å². The summed E-state index contributed by atoms with van der Waals surface area (Å²) in [5.74, 6) is 2.25. The Morgan fingerprint density at radius 3 is 2.37 bits per heavy atom. The predicted octanol–water partition coefficient (Wildman–Crippen LogP) is 3.81. The lowest BCUT2D eigenvalue weighted by Gasteiger charge is -2.52. The van der Waals surface area contributed by atoms with Crippen LogP contribution >= 0.6 is 0 Å². The summed E-state index contributed by atoms with van der Waals surface area (Å²) in [7, 11) is -1.45. The molecule has 4 saturated carbocycles. The van der Waals surface area contributed by atoms with Crippen LogP contribution in [0.4, 0.5) is 0 Å². The topological polar surface area (TPSA) is 29.5 Å². The molecule has 4 fully saturated rings. The summed E-state index contributed by atoms with van der Waals surface area (Å²) in [6.45, 7) is 7.40. The molecule has 0 amide bonds. The first kappa shape index (κ1) is 14.1. The summed E-state index contributed by atoms with van der Waals surface area (Å²) in [5, 5.41) is 9.39.